The van der Waals surface area contributed by atoms with Crippen LogP contribution >= 0.6 is 22.9 Å². The van der Waals surface area contributed by atoms with Crippen molar-refractivity contribution in [3.8, 4) is 5.69 Å². The second-order valence-corrected chi connectivity index (χ2v) is 9.17. The lowest BCUT2D eigenvalue weighted by Gasteiger charge is -2.10. The number of H-pyrrole nitrogens is 1. The summed E-state index contributed by atoms with van der Waals surface area (Å²) in [5, 5.41) is 2.76. The van der Waals surface area contributed by atoms with E-state index in [2.05, 4.69) is 15.0 Å². The van der Waals surface area contributed by atoms with E-state index in [9.17, 15) is 13.2 Å². The van der Waals surface area contributed by atoms with Gasteiger partial charge in [-0.2, -0.15) is 13.4 Å². The van der Waals surface area contributed by atoms with Gasteiger partial charge in [0.05, 0.1) is 28.2 Å². The zero-order valence-electron chi connectivity index (χ0n) is 15.6. The van der Waals surface area contributed by atoms with E-state index in [0.717, 1.165) is 6.26 Å². The number of fused-ring (bicyclic) bond motifs is 1. The quantitative estimate of drug-likeness (QED) is 0.458. The first-order valence-electron chi connectivity index (χ1n) is 8.63. The highest BCUT2D eigenvalue weighted by Gasteiger charge is 2.16. The summed E-state index contributed by atoms with van der Waals surface area (Å²) in [7, 11) is -3.66. The summed E-state index contributed by atoms with van der Waals surface area (Å²) < 4.78 is 29.5. The van der Waals surface area contributed by atoms with E-state index in [0.29, 0.717) is 37.8 Å². The van der Waals surface area contributed by atoms with Crippen LogP contribution in [-0.4, -0.2) is 35.1 Å². The van der Waals surface area contributed by atoms with Crippen LogP contribution in [0.5, 0.6) is 0 Å². The molecule has 0 fully saturated rings. The molecule has 1 amide bonds. The third-order valence-electron chi connectivity index (χ3n) is 4.18. The molecule has 8 nitrogen and oxygen atoms in total. The van der Waals surface area contributed by atoms with Crippen molar-refractivity contribution in [3.63, 3.8) is 0 Å². The standard InChI is InChI=1S/C19H15ClN4O4S2/c1-30(26,27)28-10-12-11-29-19(24(12)16-5-3-2-4-15(16)20)23-18(25)14-7-9-22-17-13(14)6-8-21-17/h2-9,11H,10H2,1H3,(H,21,22). The van der Waals surface area contributed by atoms with Crippen molar-refractivity contribution in [2.75, 3.05) is 6.26 Å². The second kappa shape index (κ2) is 8.15. The van der Waals surface area contributed by atoms with Crippen molar-refractivity contribution in [2.45, 2.75) is 6.61 Å². The Hall–Kier alpha value is -2.79. The number of benzene rings is 1. The minimum absolute atomic E-state index is 0.221. The Morgan fingerprint density at radius 3 is 2.87 bits per heavy atom. The third-order valence-corrected chi connectivity index (χ3v) is 5.92. The first-order chi connectivity index (χ1) is 14.3. The number of pyridine rings is 1. The zero-order valence-corrected chi connectivity index (χ0v) is 18.0. The largest absolute Gasteiger partial charge is 0.346 e. The van der Waals surface area contributed by atoms with E-state index in [1.807, 2.05) is 0 Å². The van der Waals surface area contributed by atoms with Gasteiger partial charge in [0.2, 0.25) is 0 Å². The van der Waals surface area contributed by atoms with Crippen molar-refractivity contribution < 1.29 is 17.4 Å². The highest BCUT2D eigenvalue weighted by molar-refractivity contribution is 7.85. The van der Waals surface area contributed by atoms with Gasteiger partial charge in [-0.3, -0.25) is 13.5 Å². The van der Waals surface area contributed by atoms with Crippen LogP contribution in [0.2, 0.25) is 5.02 Å². The van der Waals surface area contributed by atoms with Gasteiger partial charge in [-0.25, -0.2) is 4.98 Å². The molecule has 0 aliphatic heterocycles. The predicted molar refractivity (Wildman–Crippen MR) is 114 cm³/mol. The number of para-hydroxylation sites is 1. The number of carbonyl (C=O) groups is 1. The Morgan fingerprint density at radius 1 is 1.30 bits per heavy atom. The molecule has 0 saturated carbocycles. The number of nitrogens with zero attached hydrogens (tertiary/aromatic N) is 3. The van der Waals surface area contributed by atoms with Crippen LogP contribution in [0.3, 0.4) is 0 Å². The van der Waals surface area contributed by atoms with Crippen molar-refractivity contribution >= 4 is 50.0 Å². The molecule has 0 aliphatic rings. The zero-order chi connectivity index (χ0) is 21.3. The number of aromatic amines is 1. The summed E-state index contributed by atoms with van der Waals surface area (Å²) in [5.41, 5.74) is 2.03. The maximum absolute atomic E-state index is 12.9. The minimum Gasteiger partial charge on any atom is -0.346 e. The Morgan fingerprint density at radius 2 is 2.10 bits per heavy atom. The maximum Gasteiger partial charge on any atom is 0.280 e. The maximum atomic E-state index is 12.9. The average molecular weight is 463 g/mol. The van der Waals surface area contributed by atoms with Gasteiger partial charge in [0.15, 0.2) is 4.80 Å². The van der Waals surface area contributed by atoms with Crippen molar-refractivity contribution in [1.82, 2.24) is 14.5 Å². The van der Waals surface area contributed by atoms with Gasteiger partial charge in [-0.15, -0.1) is 11.3 Å². The number of hydrogen-bond acceptors (Lipinski definition) is 6. The van der Waals surface area contributed by atoms with E-state index in [4.69, 9.17) is 15.8 Å². The lowest BCUT2D eigenvalue weighted by Crippen LogP contribution is -2.19. The number of carbonyl (C=O) groups excluding carboxylic acids is 1. The van der Waals surface area contributed by atoms with E-state index < -0.39 is 16.0 Å². The number of nitrogens with one attached hydrogen (secondary N) is 1. The number of aromatic nitrogens is 3. The Kier molecular flexibility index (Phi) is 5.56. The Bertz CT molecular complexity index is 1420. The lowest BCUT2D eigenvalue weighted by molar-refractivity contribution is 0.0999. The molecule has 0 atom stereocenters. The fraction of sp³-hybridized carbons (Fsp3) is 0.105. The summed E-state index contributed by atoms with van der Waals surface area (Å²) in [6, 6.07) is 10.4. The van der Waals surface area contributed by atoms with E-state index >= 15 is 0 Å². The fourth-order valence-electron chi connectivity index (χ4n) is 2.88. The minimum atomic E-state index is -3.66. The first kappa shape index (κ1) is 20.5. The van der Waals surface area contributed by atoms with Gasteiger partial charge in [-0.05, 0) is 24.3 Å². The molecule has 30 heavy (non-hydrogen) atoms. The summed E-state index contributed by atoms with van der Waals surface area (Å²) in [5.74, 6) is -0.458. The van der Waals surface area contributed by atoms with Gasteiger partial charge < -0.3 is 4.98 Å². The molecular formula is C19H15ClN4O4S2. The van der Waals surface area contributed by atoms with Gasteiger partial charge in [0.1, 0.15) is 12.3 Å². The molecular weight excluding hydrogens is 448 g/mol. The average Bonchev–Trinajstić information content (AvgIpc) is 3.33. The normalized spacial score (nSPS) is 12.5. The van der Waals surface area contributed by atoms with Gasteiger partial charge in [0.25, 0.3) is 16.0 Å². The Labute approximate surface area is 180 Å². The molecule has 4 rings (SSSR count). The van der Waals surface area contributed by atoms with Crippen LogP contribution in [0.1, 0.15) is 16.1 Å². The molecule has 0 radical (unpaired) electrons. The van der Waals surface area contributed by atoms with Gasteiger partial charge in [-0.1, -0.05) is 23.7 Å². The lowest BCUT2D eigenvalue weighted by atomic mass is 10.2. The number of amides is 1. The molecule has 0 saturated heterocycles. The van der Waals surface area contributed by atoms with Gasteiger partial charge in [0, 0.05) is 23.2 Å². The molecule has 0 bridgehead atoms. The van der Waals surface area contributed by atoms with Crippen LogP contribution in [0.25, 0.3) is 16.7 Å². The molecule has 1 aromatic carbocycles. The smallest absolute Gasteiger partial charge is 0.280 e. The summed E-state index contributed by atoms with van der Waals surface area (Å²) >= 11 is 7.53. The van der Waals surface area contributed by atoms with E-state index in [1.165, 1.54) is 17.5 Å². The van der Waals surface area contributed by atoms with Crippen molar-refractivity contribution in [2.24, 2.45) is 4.99 Å². The topological polar surface area (TPSA) is 106 Å². The van der Waals surface area contributed by atoms with Crippen LogP contribution < -0.4 is 4.80 Å². The SMILES string of the molecule is CS(=O)(=O)OCc1csc(=NC(=O)c2ccnc3[nH]ccc23)n1-c1ccccc1Cl. The highest BCUT2D eigenvalue weighted by atomic mass is 35.5. The first-order valence-corrected chi connectivity index (χ1v) is 11.7. The third kappa shape index (κ3) is 4.21. The van der Waals surface area contributed by atoms with Crippen molar-refractivity contribution in [3.05, 3.63) is 75.3 Å². The molecule has 3 aromatic heterocycles. The molecule has 3 heterocycles. The molecule has 0 spiro atoms. The Balaban J connectivity index is 1.85. The predicted octanol–water partition coefficient (Wildman–Crippen LogP) is 3.29. The second-order valence-electron chi connectivity index (χ2n) is 6.28. The van der Waals surface area contributed by atoms with Crippen molar-refractivity contribution in [1.29, 1.82) is 0 Å². The van der Waals surface area contributed by atoms with E-state index in [-0.39, 0.29) is 6.61 Å². The molecule has 0 unspecified atom stereocenters. The summed E-state index contributed by atoms with van der Waals surface area (Å²) in [4.78, 5) is 24.7. The van der Waals surface area contributed by atoms with Crippen LogP contribution in [-0.2, 0) is 20.9 Å². The van der Waals surface area contributed by atoms with Crippen LogP contribution in [0, 0.1) is 0 Å². The van der Waals surface area contributed by atoms with Gasteiger partial charge >= 0.3 is 0 Å². The summed E-state index contributed by atoms with van der Waals surface area (Å²) in [6.45, 7) is -0.221. The number of halogens is 1. The fourth-order valence-corrected chi connectivity index (χ4v) is 4.30. The molecule has 1 N–H and O–H groups in total. The number of thiazole rings is 1. The number of rotatable bonds is 5. The molecule has 0 aliphatic carbocycles. The number of hydrogen-bond donors (Lipinski definition) is 1. The van der Waals surface area contributed by atoms with Crippen LogP contribution in [0.15, 0.2) is 59.2 Å². The molecule has 4 aromatic rings. The highest BCUT2D eigenvalue weighted by Crippen LogP contribution is 2.22. The monoisotopic (exact) mass is 462 g/mol. The van der Waals surface area contributed by atoms with E-state index in [1.54, 1.807) is 52.5 Å². The molecule has 154 valence electrons. The summed E-state index contributed by atoms with van der Waals surface area (Å²) in [6.07, 6.45) is 4.20. The molecule has 11 heteroatoms. The van der Waals surface area contributed by atoms with Crippen LogP contribution in [0.4, 0.5) is 0 Å².